The lowest BCUT2D eigenvalue weighted by Crippen LogP contribution is -2.31. The lowest BCUT2D eigenvalue weighted by Gasteiger charge is -2.32. The van der Waals surface area contributed by atoms with Crippen LogP contribution >= 0.6 is 0 Å². The van der Waals surface area contributed by atoms with Gasteiger partial charge >= 0.3 is 0 Å². The molecule has 6 nitrogen and oxygen atoms in total. The Hall–Kier alpha value is -3.85. The first-order valence-electron chi connectivity index (χ1n) is 9.03. The summed E-state index contributed by atoms with van der Waals surface area (Å²) < 4.78 is 6.04. The van der Waals surface area contributed by atoms with Gasteiger partial charge in [-0.15, -0.1) is 0 Å². The fourth-order valence-electron chi connectivity index (χ4n) is 3.48. The number of rotatable bonds is 4. The number of anilines is 2. The minimum absolute atomic E-state index is 0.171. The number of hydrogen-bond acceptors (Lipinski definition) is 6. The van der Waals surface area contributed by atoms with Crippen molar-refractivity contribution in [2.75, 3.05) is 23.8 Å². The van der Waals surface area contributed by atoms with E-state index in [4.69, 9.17) is 10.5 Å². The first-order valence-corrected chi connectivity index (χ1v) is 9.03. The van der Waals surface area contributed by atoms with Crippen molar-refractivity contribution in [3.63, 3.8) is 0 Å². The summed E-state index contributed by atoms with van der Waals surface area (Å²) in [6.07, 6.45) is 1.38. The van der Waals surface area contributed by atoms with E-state index in [2.05, 4.69) is 28.2 Å². The largest absolute Gasteiger partial charge is 0.487 e. The first kappa shape index (κ1) is 17.6. The normalized spacial score (nSPS) is 12.7. The van der Waals surface area contributed by atoms with E-state index >= 15 is 0 Å². The van der Waals surface area contributed by atoms with E-state index in [0.717, 1.165) is 28.1 Å². The van der Waals surface area contributed by atoms with Gasteiger partial charge in [0.2, 0.25) is 0 Å². The lowest BCUT2D eigenvalue weighted by molar-refractivity contribution is 0.342. The molecule has 0 fully saturated rings. The molecule has 0 aliphatic carbocycles. The molecule has 1 aliphatic heterocycles. The predicted molar refractivity (Wildman–Crippen MR) is 109 cm³/mol. The maximum Gasteiger partial charge on any atom is 0.156 e. The molecule has 2 N–H and O–H groups in total. The van der Waals surface area contributed by atoms with Crippen LogP contribution in [0.1, 0.15) is 23.6 Å². The Kier molecular flexibility index (Phi) is 4.65. The molecule has 0 amide bonds. The molecule has 0 radical (unpaired) electrons. The van der Waals surface area contributed by atoms with Crippen LogP contribution in [0.3, 0.4) is 0 Å². The lowest BCUT2D eigenvalue weighted by atomic mass is 9.93. The third kappa shape index (κ3) is 2.93. The number of aromatic nitrogens is 2. The summed E-state index contributed by atoms with van der Waals surface area (Å²) in [5, 5.41) is 9.60. The molecule has 4 rings (SSSR count). The molecule has 6 heteroatoms. The standard InChI is InChI=1S/C22H19N5O/c1-2-27(22-17(12-23)21(24)25-14-26-22)18-13-28-19-11-7-6-10-16(19)20(18)15-8-4-3-5-9-15/h3-11,14H,2,13H2,1H3,(H2,24,25,26). The van der Waals surface area contributed by atoms with Crippen molar-refractivity contribution in [3.05, 3.63) is 83.3 Å². The van der Waals surface area contributed by atoms with Crippen LogP contribution < -0.4 is 15.4 Å². The molecule has 1 aliphatic rings. The maximum atomic E-state index is 9.60. The zero-order chi connectivity index (χ0) is 19.5. The number of nitrogen functional groups attached to an aromatic ring is 1. The van der Waals surface area contributed by atoms with Crippen molar-refractivity contribution < 1.29 is 4.74 Å². The highest BCUT2D eigenvalue weighted by atomic mass is 16.5. The summed E-state index contributed by atoms with van der Waals surface area (Å²) in [6.45, 7) is 2.97. The Morgan fingerprint density at radius 3 is 2.61 bits per heavy atom. The molecule has 28 heavy (non-hydrogen) atoms. The van der Waals surface area contributed by atoms with Crippen molar-refractivity contribution in [2.45, 2.75) is 6.92 Å². The molecule has 2 aromatic carbocycles. The smallest absolute Gasteiger partial charge is 0.156 e. The van der Waals surface area contributed by atoms with Crippen molar-refractivity contribution in [1.82, 2.24) is 9.97 Å². The number of para-hydroxylation sites is 1. The summed E-state index contributed by atoms with van der Waals surface area (Å²) in [5.41, 5.74) is 10.3. The highest BCUT2D eigenvalue weighted by molar-refractivity contribution is 5.88. The zero-order valence-corrected chi connectivity index (χ0v) is 15.5. The number of nitriles is 1. The molecule has 2 heterocycles. The number of benzene rings is 2. The van der Waals surface area contributed by atoms with E-state index in [0.29, 0.717) is 19.0 Å². The maximum absolute atomic E-state index is 9.60. The predicted octanol–water partition coefficient (Wildman–Crippen LogP) is 3.61. The summed E-state index contributed by atoms with van der Waals surface area (Å²) >= 11 is 0. The average molecular weight is 369 g/mol. The van der Waals surface area contributed by atoms with Crippen molar-refractivity contribution in [1.29, 1.82) is 5.26 Å². The third-order valence-electron chi connectivity index (χ3n) is 4.74. The van der Waals surface area contributed by atoms with Crippen LogP contribution in [0, 0.1) is 11.3 Å². The van der Waals surface area contributed by atoms with Gasteiger partial charge < -0.3 is 15.4 Å². The van der Waals surface area contributed by atoms with Gasteiger partial charge in [-0.25, -0.2) is 9.97 Å². The van der Waals surface area contributed by atoms with Gasteiger partial charge in [0.25, 0.3) is 0 Å². The van der Waals surface area contributed by atoms with Crippen LogP contribution in [-0.4, -0.2) is 23.1 Å². The number of ether oxygens (including phenoxy) is 1. The van der Waals surface area contributed by atoms with Gasteiger partial charge in [-0.2, -0.15) is 5.26 Å². The fourth-order valence-corrected chi connectivity index (χ4v) is 3.48. The van der Waals surface area contributed by atoms with E-state index in [1.54, 1.807) is 0 Å². The van der Waals surface area contributed by atoms with Crippen LogP contribution in [0.4, 0.5) is 11.6 Å². The number of nitrogens with zero attached hydrogens (tertiary/aromatic N) is 4. The molecular formula is C22H19N5O. The molecule has 0 bridgehead atoms. The monoisotopic (exact) mass is 369 g/mol. The van der Waals surface area contributed by atoms with Crippen LogP contribution in [0.25, 0.3) is 5.57 Å². The Morgan fingerprint density at radius 1 is 1.11 bits per heavy atom. The highest BCUT2D eigenvalue weighted by Gasteiger charge is 2.27. The van der Waals surface area contributed by atoms with Crippen LogP contribution in [0.2, 0.25) is 0 Å². The Balaban J connectivity index is 1.98. The minimum atomic E-state index is 0.171. The van der Waals surface area contributed by atoms with Crippen LogP contribution in [0.5, 0.6) is 5.75 Å². The molecular weight excluding hydrogens is 350 g/mol. The molecule has 0 atom stereocenters. The van der Waals surface area contributed by atoms with Gasteiger partial charge in [-0.05, 0) is 18.6 Å². The average Bonchev–Trinajstić information content (AvgIpc) is 2.75. The second-order valence-corrected chi connectivity index (χ2v) is 6.29. The number of nitrogens with two attached hydrogens (primary N) is 1. The zero-order valence-electron chi connectivity index (χ0n) is 15.5. The Bertz CT molecular complexity index is 1090. The molecule has 138 valence electrons. The number of hydrogen-bond donors (Lipinski definition) is 1. The van der Waals surface area contributed by atoms with Gasteiger partial charge in [-0.1, -0.05) is 48.5 Å². The summed E-state index contributed by atoms with van der Waals surface area (Å²) in [4.78, 5) is 10.3. The first-order chi connectivity index (χ1) is 13.7. The highest BCUT2D eigenvalue weighted by Crippen LogP contribution is 2.39. The second-order valence-electron chi connectivity index (χ2n) is 6.29. The number of fused-ring (bicyclic) bond motifs is 1. The quantitative estimate of drug-likeness (QED) is 0.756. The molecule has 1 aromatic heterocycles. The topological polar surface area (TPSA) is 88.1 Å². The Morgan fingerprint density at radius 2 is 1.86 bits per heavy atom. The van der Waals surface area contributed by atoms with E-state index in [-0.39, 0.29) is 11.4 Å². The van der Waals surface area contributed by atoms with E-state index < -0.39 is 0 Å². The van der Waals surface area contributed by atoms with Gasteiger partial charge in [0.15, 0.2) is 5.82 Å². The fraction of sp³-hybridized carbons (Fsp3) is 0.136. The van der Waals surface area contributed by atoms with Gasteiger partial charge in [0.05, 0.1) is 5.70 Å². The Labute approximate surface area is 163 Å². The molecule has 0 saturated carbocycles. The molecule has 3 aromatic rings. The molecule has 0 spiro atoms. The van der Waals surface area contributed by atoms with Gasteiger partial charge in [0, 0.05) is 17.7 Å². The summed E-state index contributed by atoms with van der Waals surface area (Å²) in [7, 11) is 0. The number of likely N-dealkylation sites (N-methyl/N-ethyl adjacent to an activating group) is 1. The van der Waals surface area contributed by atoms with E-state index in [1.165, 1.54) is 6.33 Å². The van der Waals surface area contributed by atoms with Crippen molar-refractivity contribution in [2.24, 2.45) is 0 Å². The van der Waals surface area contributed by atoms with E-state index in [9.17, 15) is 5.26 Å². The molecule has 0 saturated heterocycles. The SMILES string of the molecule is CCN(C1=C(c2ccccc2)c2ccccc2OC1)c1ncnc(N)c1C#N. The third-order valence-corrected chi connectivity index (χ3v) is 4.74. The van der Waals surface area contributed by atoms with Gasteiger partial charge in [-0.3, -0.25) is 0 Å². The summed E-state index contributed by atoms with van der Waals surface area (Å²) in [5.74, 6) is 1.50. The van der Waals surface area contributed by atoms with E-state index in [1.807, 2.05) is 54.3 Å². The van der Waals surface area contributed by atoms with Gasteiger partial charge in [0.1, 0.15) is 36.1 Å². The van der Waals surface area contributed by atoms with Crippen LogP contribution in [0.15, 0.2) is 66.6 Å². The van der Waals surface area contributed by atoms with Crippen molar-refractivity contribution in [3.8, 4) is 11.8 Å². The minimum Gasteiger partial charge on any atom is -0.487 e. The summed E-state index contributed by atoms with van der Waals surface area (Å²) in [6, 6.07) is 20.3. The van der Waals surface area contributed by atoms with Crippen LogP contribution in [-0.2, 0) is 0 Å². The second kappa shape index (κ2) is 7.41. The molecule has 0 unspecified atom stereocenters. The van der Waals surface area contributed by atoms with Crippen molar-refractivity contribution >= 4 is 17.2 Å².